The van der Waals surface area contributed by atoms with Crippen molar-refractivity contribution in [2.24, 2.45) is 0 Å². The third-order valence-electron chi connectivity index (χ3n) is 4.62. The van der Waals surface area contributed by atoms with Crippen LogP contribution in [0.4, 0.5) is 10.1 Å². The Morgan fingerprint density at radius 2 is 1.76 bits per heavy atom. The van der Waals surface area contributed by atoms with E-state index in [-0.39, 0.29) is 22.7 Å². The first-order valence-electron chi connectivity index (χ1n) is 8.99. The van der Waals surface area contributed by atoms with Crippen molar-refractivity contribution in [1.82, 2.24) is 14.6 Å². The second-order valence-electron chi connectivity index (χ2n) is 6.88. The Morgan fingerprint density at radius 3 is 2.48 bits per heavy atom. The predicted molar refractivity (Wildman–Crippen MR) is 109 cm³/mol. The number of aryl methyl sites for hydroxylation is 2. The Balaban J connectivity index is 1.91. The molecule has 0 saturated carbocycles. The molecule has 6 nitrogen and oxygen atoms in total. The normalized spacial score (nSPS) is 11.7. The summed E-state index contributed by atoms with van der Waals surface area (Å²) in [6.45, 7) is 3.64. The molecule has 0 amide bonds. The molecule has 2 aromatic carbocycles. The van der Waals surface area contributed by atoms with Crippen molar-refractivity contribution in [2.45, 2.75) is 25.3 Å². The molecule has 0 spiro atoms. The number of pyridine rings is 1. The van der Waals surface area contributed by atoms with E-state index in [1.54, 1.807) is 42.6 Å². The molecule has 0 radical (unpaired) electrons. The van der Waals surface area contributed by atoms with E-state index in [9.17, 15) is 12.8 Å². The first-order chi connectivity index (χ1) is 13.9. The van der Waals surface area contributed by atoms with Gasteiger partial charge in [-0.2, -0.15) is 0 Å². The summed E-state index contributed by atoms with van der Waals surface area (Å²) >= 11 is 0. The van der Waals surface area contributed by atoms with Gasteiger partial charge in [0.2, 0.25) is 0 Å². The molecule has 0 atom stereocenters. The molecule has 29 heavy (non-hydrogen) atoms. The maximum absolute atomic E-state index is 14.4. The van der Waals surface area contributed by atoms with Crippen LogP contribution in [0.2, 0.25) is 0 Å². The average molecular weight is 410 g/mol. The van der Waals surface area contributed by atoms with Gasteiger partial charge in [0.15, 0.2) is 5.65 Å². The van der Waals surface area contributed by atoms with Crippen LogP contribution in [-0.2, 0) is 16.6 Å². The van der Waals surface area contributed by atoms with Crippen LogP contribution in [0.15, 0.2) is 72.0 Å². The van der Waals surface area contributed by atoms with Gasteiger partial charge in [0, 0.05) is 11.8 Å². The second kappa shape index (κ2) is 7.29. The molecule has 0 aliphatic rings. The molecule has 4 aromatic rings. The van der Waals surface area contributed by atoms with Crippen molar-refractivity contribution in [3.05, 3.63) is 89.6 Å². The molecule has 0 saturated heterocycles. The fourth-order valence-electron chi connectivity index (χ4n) is 3.34. The van der Waals surface area contributed by atoms with Gasteiger partial charge >= 0.3 is 0 Å². The van der Waals surface area contributed by atoms with Crippen LogP contribution in [-0.4, -0.2) is 23.0 Å². The SMILES string of the molecule is Cc1cc(C)cc(N(Cc2ccccc2F)S(=O)(=O)c2cccn3cnnc23)c1. The van der Waals surface area contributed by atoms with Crippen molar-refractivity contribution in [3.8, 4) is 0 Å². The van der Waals surface area contributed by atoms with Gasteiger partial charge in [-0.1, -0.05) is 24.3 Å². The monoisotopic (exact) mass is 410 g/mol. The number of aromatic nitrogens is 3. The van der Waals surface area contributed by atoms with E-state index in [1.165, 1.54) is 27.2 Å². The van der Waals surface area contributed by atoms with Gasteiger partial charge in [-0.25, -0.2) is 12.8 Å². The van der Waals surface area contributed by atoms with Crippen LogP contribution in [0.3, 0.4) is 0 Å². The molecule has 2 heterocycles. The average Bonchev–Trinajstić information content (AvgIpc) is 3.15. The van der Waals surface area contributed by atoms with Crippen molar-refractivity contribution >= 4 is 21.4 Å². The molecule has 0 bridgehead atoms. The number of fused-ring (bicyclic) bond motifs is 1. The number of halogens is 1. The minimum atomic E-state index is -4.06. The van der Waals surface area contributed by atoms with Crippen LogP contribution in [0.1, 0.15) is 16.7 Å². The maximum atomic E-state index is 14.4. The van der Waals surface area contributed by atoms with Gasteiger partial charge in [-0.15, -0.1) is 10.2 Å². The molecular weight excluding hydrogens is 391 g/mol. The molecule has 0 aliphatic carbocycles. The molecular formula is C21H19FN4O2S. The van der Waals surface area contributed by atoms with Crippen molar-refractivity contribution in [1.29, 1.82) is 0 Å². The van der Waals surface area contributed by atoms with Crippen molar-refractivity contribution < 1.29 is 12.8 Å². The molecule has 0 unspecified atom stereocenters. The quantitative estimate of drug-likeness (QED) is 0.501. The third-order valence-corrected chi connectivity index (χ3v) is 6.42. The number of nitrogens with zero attached hydrogens (tertiary/aromatic N) is 4. The number of rotatable bonds is 5. The summed E-state index contributed by atoms with van der Waals surface area (Å²) < 4.78 is 44.5. The number of hydrogen-bond acceptors (Lipinski definition) is 4. The van der Waals surface area contributed by atoms with E-state index in [0.717, 1.165) is 11.1 Å². The molecule has 148 valence electrons. The van der Waals surface area contributed by atoms with Gasteiger partial charge in [-0.05, 0) is 55.3 Å². The lowest BCUT2D eigenvalue weighted by molar-refractivity contribution is 0.585. The van der Waals surface area contributed by atoms with Crippen LogP contribution < -0.4 is 4.31 Å². The first-order valence-corrected chi connectivity index (χ1v) is 10.4. The molecule has 0 N–H and O–H groups in total. The van der Waals surface area contributed by atoms with Crippen molar-refractivity contribution in [3.63, 3.8) is 0 Å². The standard InChI is InChI=1S/C21H19FN4O2S/c1-15-10-16(2)12-18(11-15)26(13-17-6-3-4-7-19(17)22)29(27,28)20-8-5-9-25-14-23-24-21(20)25/h3-12,14H,13H2,1-2H3. The number of hydrogen-bond donors (Lipinski definition) is 0. The Kier molecular flexibility index (Phi) is 4.79. The summed E-state index contributed by atoms with van der Waals surface area (Å²) in [5.74, 6) is -0.460. The summed E-state index contributed by atoms with van der Waals surface area (Å²) in [6, 6.07) is 14.8. The summed E-state index contributed by atoms with van der Waals surface area (Å²) in [5, 5.41) is 7.76. The van der Waals surface area contributed by atoms with Gasteiger partial charge in [0.1, 0.15) is 17.0 Å². The zero-order valence-corrected chi connectivity index (χ0v) is 16.8. The van der Waals surface area contributed by atoms with E-state index in [2.05, 4.69) is 10.2 Å². The maximum Gasteiger partial charge on any atom is 0.268 e. The Hall–Kier alpha value is -3.26. The van der Waals surface area contributed by atoms with Crippen LogP contribution in [0.25, 0.3) is 5.65 Å². The van der Waals surface area contributed by atoms with Gasteiger partial charge in [0.05, 0.1) is 12.2 Å². The number of anilines is 1. The lowest BCUT2D eigenvalue weighted by atomic mass is 10.1. The lowest BCUT2D eigenvalue weighted by Gasteiger charge is -2.25. The predicted octanol–water partition coefficient (Wildman–Crippen LogP) is 3.88. The van der Waals surface area contributed by atoms with Crippen molar-refractivity contribution in [2.75, 3.05) is 4.31 Å². The highest BCUT2D eigenvalue weighted by molar-refractivity contribution is 7.93. The second-order valence-corrected chi connectivity index (χ2v) is 8.71. The zero-order chi connectivity index (χ0) is 20.6. The fraction of sp³-hybridized carbons (Fsp3) is 0.143. The summed E-state index contributed by atoms with van der Waals surface area (Å²) in [7, 11) is -4.06. The molecule has 2 aromatic heterocycles. The Bertz CT molecular complexity index is 1280. The van der Waals surface area contributed by atoms with E-state index in [1.807, 2.05) is 19.9 Å². The van der Waals surface area contributed by atoms with Gasteiger partial charge < -0.3 is 0 Å². The van der Waals surface area contributed by atoms with Gasteiger partial charge in [0.25, 0.3) is 10.0 Å². The highest BCUT2D eigenvalue weighted by Crippen LogP contribution is 2.29. The minimum Gasteiger partial charge on any atom is -0.288 e. The molecule has 0 fully saturated rings. The van der Waals surface area contributed by atoms with E-state index in [4.69, 9.17) is 0 Å². The number of benzene rings is 2. The smallest absolute Gasteiger partial charge is 0.268 e. The van der Waals surface area contributed by atoms with Crippen LogP contribution in [0.5, 0.6) is 0 Å². The zero-order valence-electron chi connectivity index (χ0n) is 15.9. The van der Waals surface area contributed by atoms with E-state index < -0.39 is 15.8 Å². The van der Waals surface area contributed by atoms with E-state index in [0.29, 0.717) is 5.69 Å². The molecule has 4 rings (SSSR count). The van der Waals surface area contributed by atoms with Crippen LogP contribution in [0, 0.1) is 19.7 Å². The minimum absolute atomic E-state index is 0.00741. The number of sulfonamides is 1. The lowest BCUT2D eigenvalue weighted by Crippen LogP contribution is -2.31. The summed E-state index contributed by atoms with van der Waals surface area (Å²) in [5.41, 5.74) is 2.79. The fourth-order valence-corrected chi connectivity index (χ4v) is 4.89. The van der Waals surface area contributed by atoms with Crippen LogP contribution >= 0.6 is 0 Å². The summed E-state index contributed by atoms with van der Waals surface area (Å²) in [6.07, 6.45) is 3.11. The topological polar surface area (TPSA) is 67.6 Å². The van der Waals surface area contributed by atoms with Gasteiger partial charge in [-0.3, -0.25) is 8.71 Å². The Morgan fingerprint density at radius 1 is 1.03 bits per heavy atom. The third kappa shape index (κ3) is 3.58. The highest BCUT2D eigenvalue weighted by Gasteiger charge is 2.29. The van der Waals surface area contributed by atoms with E-state index >= 15 is 0 Å². The first kappa shape index (κ1) is 19.1. The highest BCUT2D eigenvalue weighted by atomic mass is 32.2. The molecule has 8 heteroatoms. The summed E-state index contributed by atoms with van der Waals surface area (Å²) in [4.78, 5) is 0.00741. The Labute approximate surface area is 168 Å². The molecule has 0 aliphatic heterocycles. The largest absolute Gasteiger partial charge is 0.288 e.